The van der Waals surface area contributed by atoms with Crippen LogP contribution in [0.3, 0.4) is 0 Å². The molecule has 1 unspecified atom stereocenters. The number of pyridine rings is 1. The minimum absolute atomic E-state index is 0.00222. The van der Waals surface area contributed by atoms with Crippen molar-refractivity contribution in [1.29, 1.82) is 0 Å². The maximum absolute atomic E-state index is 12.5. The smallest absolute Gasteiger partial charge is 0.264 e. The number of allylic oxidation sites excluding steroid dienone is 2. The largest absolute Gasteiger partial charge is 0.317 e. The van der Waals surface area contributed by atoms with Crippen LogP contribution in [0.4, 0.5) is 5.82 Å². The number of aliphatic imine (C=N–C) groups is 2. The summed E-state index contributed by atoms with van der Waals surface area (Å²) in [5.74, 6) is 8.20. The Bertz CT molecular complexity index is 1110. The van der Waals surface area contributed by atoms with E-state index < -0.39 is 0 Å². The summed E-state index contributed by atoms with van der Waals surface area (Å²) in [6, 6.07) is 12.7. The van der Waals surface area contributed by atoms with E-state index in [1.54, 1.807) is 36.7 Å². The molecular weight excluding hydrogens is 390 g/mol. The second kappa shape index (κ2) is 7.99. The molecule has 1 amide bonds. The molecule has 1 aromatic carbocycles. The predicted molar refractivity (Wildman–Crippen MR) is 120 cm³/mol. The molecule has 0 spiro atoms. The first kappa shape index (κ1) is 19.5. The Labute approximate surface area is 180 Å². The molecule has 0 saturated carbocycles. The summed E-state index contributed by atoms with van der Waals surface area (Å²) in [6.45, 7) is 1.95. The lowest BCUT2D eigenvalue weighted by atomic mass is 9.93. The molecule has 3 aliphatic rings. The molecule has 156 valence electrons. The highest BCUT2D eigenvalue weighted by molar-refractivity contribution is 6.05. The molecule has 3 aliphatic heterocycles. The van der Waals surface area contributed by atoms with Gasteiger partial charge in [0.05, 0.1) is 18.0 Å². The number of aromatic nitrogens is 1. The highest BCUT2D eigenvalue weighted by Gasteiger charge is 2.45. The van der Waals surface area contributed by atoms with Gasteiger partial charge in [-0.3, -0.25) is 9.79 Å². The van der Waals surface area contributed by atoms with E-state index >= 15 is 0 Å². The minimum Gasteiger partial charge on any atom is -0.317 e. The van der Waals surface area contributed by atoms with Crippen molar-refractivity contribution in [3.63, 3.8) is 0 Å². The molecule has 0 aliphatic carbocycles. The molecule has 8 nitrogen and oxygen atoms in total. The van der Waals surface area contributed by atoms with Crippen molar-refractivity contribution in [2.45, 2.75) is 12.8 Å². The number of amides is 1. The third-order valence-corrected chi connectivity index (χ3v) is 5.86. The summed E-state index contributed by atoms with van der Waals surface area (Å²) < 4.78 is 0.00222. The summed E-state index contributed by atoms with van der Waals surface area (Å²) in [6.07, 6.45) is 9.08. The van der Waals surface area contributed by atoms with Gasteiger partial charge in [-0.05, 0) is 62.3 Å². The van der Waals surface area contributed by atoms with E-state index in [0.717, 1.165) is 48.7 Å². The van der Waals surface area contributed by atoms with Gasteiger partial charge in [-0.1, -0.05) is 6.07 Å². The highest BCUT2D eigenvalue weighted by atomic mass is 16.1. The molecule has 0 bridgehead atoms. The normalized spacial score (nSPS) is 22.9. The number of rotatable bonds is 4. The van der Waals surface area contributed by atoms with Crippen LogP contribution in [-0.4, -0.2) is 40.6 Å². The second-order valence-corrected chi connectivity index (χ2v) is 7.83. The van der Waals surface area contributed by atoms with Gasteiger partial charge in [0.15, 0.2) is 0 Å². The van der Waals surface area contributed by atoms with Crippen molar-refractivity contribution in [2.75, 3.05) is 18.4 Å². The lowest BCUT2D eigenvalue weighted by Crippen LogP contribution is -2.53. The lowest BCUT2D eigenvalue weighted by Gasteiger charge is -2.27. The number of carbonyl (C=O) groups excluding carboxylic acids is 1. The molecular formula is C23H24N7O+. The fraction of sp³-hybridized carbons (Fsp3) is 0.217. The summed E-state index contributed by atoms with van der Waals surface area (Å²) in [5, 5.41) is 6.20. The van der Waals surface area contributed by atoms with Crippen molar-refractivity contribution in [3.8, 4) is 0 Å². The fourth-order valence-electron chi connectivity index (χ4n) is 4.20. The molecule has 0 radical (unpaired) electrons. The van der Waals surface area contributed by atoms with Crippen LogP contribution in [0, 0.1) is 5.92 Å². The van der Waals surface area contributed by atoms with Crippen LogP contribution < -0.4 is 16.5 Å². The number of fused-ring (bicyclic) bond motifs is 1. The Morgan fingerprint density at radius 2 is 1.94 bits per heavy atom. The van der Waals surface area contributed by atoms with Crippen LogP contribution in [0.25, 0.3) is 0 Å². The maximum atomic E-state index is 12.5. The molecule has 2 aromatic rings. The first-order chi connectivity index (χ1) is 15.1. The number of benzene rings is 1. The van der Waals surface area contributed by atoms with Crippen molar-refractivity contribution in [2.24, 2.45) is 21.7 Å². The monoisotopic (exact) mass is 414 g/mol. The number of hydrogen-bond acceptors (Lipinski definition) is 6. The zero-order valence-electron chi connectivity index (χ0n) is 17.0. The van der Waals surface area contributed by atoms with Crippen molar-refractivity contribution in [1.82, 2.24) is 10.3 Å². The van der Waals surface area contributed by atoms with Gasteiger partial charge in [0.2, 0.25) is 5.70 Å². The molecule has 1 aromatic heterocycles. The minimum atomic E-state index is -0.213. The van der Waals surface area contributed by atoms with Crippen LogP contribution >= 0.6 is 0 Å². The number of piperidine rings is 1. The molecule has 1 fully saturated rings. The van der Waals surface area contributed by atoms with Crippen LogP contribution in [0.15, 0.2) is 82.4 Å². The molecule has 1 saturated heterocycles. The predicted octanol–water partition coefficient (Wildman–Crippen LogP) is 2.55. The molecule has 8 heteroatoms. The molecule has 4 heterocycles. The van der Waals surface area contributed by atoms with E-state index in [1.165, 1.54) is 0 Å². The molecule has 5 rings (SSSR count). The van der Waals surface area contributed by atoms with Crippen LogP contribution in [0.2, 0.25) is 0 Å². The number of carbonyl (C=O) groups is 1. The zero-order chi connectivity index (χ0) is 21.3. The van der Waals surface area contributed by atoms with Crippen LogP contribution in [0.1, 0.15) is 28.8 Å². The van der Waals surface area contributed by atoms with E-state index in [4.69, 9.17) is 10.8 Å². The number of quaternary nitrogens is 1. The van der Waals surface area contributed by atoms with E-state index in [9.17, 15) is 4.79 Å². The standard InChI is InChI=1S/C23H23N7O/c24-30-14-13-26-15-19(30)21(16-8-11-25-12-9-16)29-22(30)17-4-6-18(7-5-17)23(31)28-20-3-1-2-10-27-20/h1-7,10,13-16,25H,8-9,11-12,24H2/p+1. The summed E-state index contributed by atoms with van der Waals surface area (Å²) >= 11 is 0. The van der Waals surface area contributed by atoms with Crippen LogP contribution in [0.5, 0.6) is 0 Å². The van der Waals surface area contributed by atoms with Gasteiger partial charge in [0.25, 0.3) is 11.7 Å². The second-order valence-electron chi connectivity index (χ2n) is 7.83. The highest BCUT2D eigenvalue weighted by Crippen LogP contribution is 2.37. The van der Waals surface area contributed by atoms with Gasteiger partial charge < -0.3 is 10.6 Å². The first-order valence-electron chi connectivity index (χ1n) is 10.4. The topological polar surface area (TPSA) is 105 Å². The quantitative estimate of drug-likeness (QED) is 0.528. The van der Waals surface area contributed by atoms with E-state index in [2.05, 4.69) is 20.6 Å². The van der Waals surface area contributed by atoms with Crippen molar-refractivity contribution in [3.05, 3.63) is 83.6 Å². The number of nitrogens with two attached hydrogens (primary N) is 1. The van der Waals surface area contributed by atoms with Gasteiger partial charge in [-0.2, -0.15) is 10.8 Å². The van der Waals surface area contributed by atoms with Crippen LogP contribution in [-0.2, 0) is 0 Å². The Kier molecular flexibility index (Phi) is 5.03. The molecule has 4 N–H and O–H groups in total. The first-order valence-corrected chi connectivity index (χ1v) is 10.4. The van der Waals surface area contributed by atoms with Gasteiger partial charge in [0, 0.05) is 17.7 Å². The van der Waals surface area contributed by atoms with Gasteiger partial charge in [-0.25, -0.2) is 4.98 Å². The number of amidine groups is 1. The Morgan fingerprint density at radius 3 is 2.68 bits per heavy atom. The summed E-state index contributed by atoms with van der Waals surface area (Å²) in [5.41, 5.74) is 3.35. The molecule has 1 atom stereocenters. The molecule has 31 heavy (non-hydrogen) atoms. The zero-order valence-corrected chi connectivity index (χ0v) is 17.0. The third kappa shape index (κ3) is 3.61. The Balaban J connectivity index is 1.42. The van der Waals surface area contributed by atoms with Gasteiger partial charge >= 0.3 is 0 Å². The fourth-order valence-corrected chi connectivity index (χ4v) is 4.20. The third-order valence-electron chi connectivity index (χ3n) is 5.86. The Morgan fingerprint density at radius 1 is 1.13 bits per heavy atom. The average molecular weight is 414 g/mol. The number of anilines is 1. The number of hydrogen-bond donors (Lipinski definition) is 3. The van der Waals surface area contributed by atoms with E-state index in [1.807, 2.05) is 30.6 Å². The maximum Gasteiger partial charge on any atom is 0.264 e. The van der Waals surface area contributed by atoms with Gasteiger partial charge in [0.1, 0.15) is 17.7 Å². The van der Waals surface area contributed by atoms with E-state index in [0.29, 0.717) is 17.3 Å². The summed E-state index contributed by atoms with van der Waals surface area (Å²) in [7, 11) is 0. The average Bonchev–Trinajstić information content (AvgIpc) is 3.13. The number of nitrogens with one attached hydrogen (secondary N) is 2. The summed E-state index contributed by atoms with van der Waals surface area (Å²) in [4.78, 5) is 26.0. The van der Waals surface area contributed by atoms with Crippen molar-refractivity contribution >= 4 is 23.8 Å². The van der Waals surface area contributed by atoms with Crippen molar-refractivity contribution < 1.29 is 9.39 Å². The van der Waals surface area contributed by atoms with Gasteiger partial charge in [-0.15, -0.1) is 4.59 Å². The lowest BCUT2D eigenvalue weighted by molar-refractivity contribution is -0.750. The Hall–Kier alpha value is -3.46. The number of nitrogens with zero attached hydrogens (tertiary/aromatic N) is 4. The van der Waals surface area contributed by atoms with E-state index in [-0.39, 0.29) is 10.5 Å². The SMILES string of the molecule is N[N+]12C=CN=CC1=C(C1CCNCC1)N=C2c1ccc(C(=O)Nc2ccccn2)cc1.